The number of hydrogen-bond acceptors (Lipinski definition) is 7. The van der Waals surface area contributed by atoms with Crippen LogP contribution >= 0.6 is 0 Å². The maximum absolute atomic E-state index is 12.7. The van der Waals surface area contributed by atoms with Gasteiger partial charge in [0.05, 0.1) is 0 Å². The van der Waals surface area contributed by atoms with Gasteiger partial charge in [-0.3, -0.25) is 9.59 Å². The summed E-state index contributed by atoms with van der Waals surface area (Å²) in [7, 11) is 0. The van der Waals surface area contributed by atoms with E-state index in [0.29, 0.717) is 6.42 Å². The van der Waals surface area contributed by atoms with Gasteiger partial charge in [0.1, 0.15) is 40.1 Å². The molecular weight excluding hydrogens is 352 g/mol. The zero-order valence-corrected chi connectivity index (χ0v) is 16.7. The third kappa shape index (κ3) is 1.95. The van der Waals surface area contributed by atoms with Crippen molar-refractivity contribution in [2.24, 2.45) is 23.2 Å². The van der Waals surface area contributed by atoms with Gasteiger partial charge in [-0.15, -0.1) is 0 Å². The molecule has 7 heteroatoms. The molecule has 0 aromatic carbocycles. The normalized spacial score (nSPS) is 54.9. The van der Waals surface area contributed by atoms with Crippen LogP contribution in [0.25, 0.3) is 0 Å². The number of carbonyl (C=O) groups excluding carboxylic acids is 2. The van der Waals surface area contributed by atoms with Crippen LogP contribution in [0.2, 0.25) is 0 Å². The van der Waals surface area contributed by atoms with Crippen LogP contribution in [0, 0.1) is 23.2 Å². The molecule has 0 aromatic heterocycles. The van der Waals surface area contributed by atoms with Crippen LogP contribution in [0.15, 0.2) is 0 Å². The van der Waals surface area contributed by atoms with Crippen molar-refractivity contribution in [3.05, 3.63) is 0 Å². The van der Waals surface area contributed by atoms with Gasteiger partial charge in [-0.25, -0.2) is 0 Å². The maximum atomic E-state index is 12.7. The van der Waals surface area contributed by atoms with Crippen molar-refractivity contribution in [1.82, 2.24) is 0 Å². The summed E-state index contributed by atoms with van der Waals surface area (Å²) in [4.78, 5) is 25.3. The molecule has 5 N–H and O–H groups in total. The minimum Gasteiger partial charge on any atom is -0.387 e. The molecule has 1 unspecified atom stereocenters. The molecule has 7 nitrogen and oxygen atoms in total. The molecule has 3 aliphatic carbocycles. The van der Waals surface area contributed by atoms with E-state index < -0.39 is 63.9 Å². The van der Waals surface area contributed by atoms with Crippen LogP contribution in [0.5, 0.6) is 0 Å². The van der Waals surface area contributed by atoms with Gasteiger partial charge < -0.3 is 25.5 Å². The summed E-state index contributed by atoms with van der Waals surface area (Å²) >= 11 is 0. The van der Waals surface area contributed by atoms with E-state index in [1.54, 1.807) is 20.8 Å². The zero-order valence-electron chi connectivity index (χ0n) is 16.7. The third-order valence-electron chi connectivity index (χ3n) is 8.42. The van der Waals surface area contributed by atoms with Crippen molar-refractivity contribution < 1.29 is 35.1 Å². The van der Waals surface area contributed by atoms with Crippen molar-refractivity contribution in [1.29, 1.82) is 0 Å². The number of carbonyl (C=O) groups is 2. The van der Waals surface area contributed by atoms with Gasteiger partial charge in [-0.1, -0.05) is 34.6 Å². The van der Waals surface area contributed by atoms with E-state index in [2.05, 4.69) is 0 Å². The molecule has 3 aliphatic rings. The molecule has 0 heterocycles. The Kier molecular flexibility index (Phi) is 4.33. The Morgan fingerprint density at radius 2 is 1.70 bits per heavy atom. The summed E-state index contributed by atoms with van der Waals surface area (Å²) in [6.07, 6.45) is -2.39. The first-order valence-electron chi connectivity index (χ1n) is 9.78. The first-order valence-corrected chi connectivity index (χ1v) is 9.78. The lowest BCUT2D eigenvalue weighted by atomic mass is 9.37. The molecule has 0 aliphatic heterocycles. The van der Waals surface area contributed by atoms with Gasteiger partial charge in [0, 0.05) is 30.1 Å². The summed E-state index contributed by atoms with van der Waals surface area (Å²) < 4.78 is 0. The van der Waals surface area contributed by atoms with Crippen LogP contribution in [-0.2, 0) is 9.59 Å². The molecule has 3 fully saturated rings. The van der Waals surface area contributed by atoms with Crippen LogP contribution in [0.4, 0.5) is 0 Å². The van der Waals surface area contributed by atoms with Crippen molar-refractivity contribution in [3.63, 3.8) is 0 Å². The van der Waals surface area contributed by atoms with Crippen molar-refractivity contribution in [3.8, 4) is 0 Å². The van der Waals surface area contributed by atoms with E-state index in [4.69, 9.17) is 0 Å². The highest BCUT2D eigenvalue weighted by atomic mass is 16.4. The fourth-order valence-corrected chi connectivity index (χ4v) is 6.24. The van der Waals surface area contributed by atoms with Crippen LogP contribution in [0.3, 0.4) is 0 Å². The maximum Gasteiger partial charge on any atom is 0.139 e. The van der Waals surface area contributed by atoms with Gasteiger partial charge in [-0.2, -0.15) is 0 Å². The molecule has 27 heavy (non-hydrogen) atoms. The highest BCUT2D eigenvalue weighted by Gasteiger charge is 2.87. The Labute approximate surface area is 159 Å². The Bertz CT molecular complexity index is 692. The van der Waals surface area contributed by atoms with Crippen LogP contribution in [0.1, 0.15) is 60.3 Å². The van der Waals surface area contributed by atoms with E-state index in [1.807, 2.05) is 0 Å². The van der Waals surface area contributed by atoms with Gasteiger partial charge in [-0.05, 0) is 18.8 Å². The topological polar surface area (TPSA) is 135 Å². The second-order valence-corrected chi connectivity index (χ2v) is 9.71. The Morgan fingerprint density at radius 1 is 1.15 bits per heavy atom. The SMILES string of the molecule is CC(C)C(=O)C[C@@]1(O)[C@@]2(C)CC(=O)C(C)[C@@]1(O)[C@H](O)[C@]1(O)[C@H](C)CC[C@@]12O. The number of aliphatic hydroxyl groups excluding tert-OH is 1. The van der Waals surface area contributed by atoms with E-state index in [-0.39, 0.29) is 18.6 Å². The number of fused-ring (bicyclic) bond motifs is 4. The van der Waals surface area contributed by atoms with Crippen LogP contribution in [-0.4, -0.2) is 65.6 Å². The summed E-state index contributed by atoms with van der Waals surface area (Å²) in [5.41, 5.74) is -10.5. The second-order valence-electron chi connectivity index (χ2n) is 9.71. The molecular formula is C20H32O7. The van der Waals surface area contributed by atoms with Crippen molar-refractivity contribution in [2.45, 2.75) is 88.8 Å². The number of rotatable bonds is 3. The quantitative estimate of drug-likeness (QED) is 0.460. The first-order chi connectivity index (χ1) is 12.1. The largest absolute Gasteiger partial charge is 0.387 e. The van der Waals surface area contributed by atoms with Crippen molar-refractivity contribution in [2.75, 3.05) is 0 Å². The monoisotopic (exact) mass is 384 g/mol. The predicted molar refractivity (Wildman–Crippen MR) is 95.6 cm³/mol. The van der Waals surface area contributed by atoms with Gasteiger partial charge >= 0.3 is 0 Å². The molecule has 2 bridgehead atoms. The van der Waals surface area contributed by atoms with E-state index in [1.165, 1.54) is 13.8 Å². The predicted octanol–water partition coefficient (Wildman–Crippen LogP) is -0.0544. The van der Waals surface area contributed by atoms with Gasteiger partial charge in [0.2, 0.25) is 0 Å². The lowest BCUT2D eigenvalue weighted by Gasteiger charge is -2.72. The Hall–Kier alpha value is -0.860. The number of ketones is 2. The Morgan fingerprint density at radius 3 is 2.22 bits per heavy atom. The molecule has 0 spiro atoms. The molecule has 0 saturated heterocycles. The number of hydrogen-bond donors (Lipinski definition) is 5. The van der Waals surface area contributed by atoms with E-state index in [9.17, 15) is 35.1 Å². The second kappa shape index (κ2) is 5.60. The lowest BCUT2D eigenvalue weighted by molar-refractivity contribution is -0.401. The molecule has 0 radical (unpaired) electrons. The van der Waals surface area contributed by atoms with Crippen LogP contribution < -0.4 is 0 Å². The molecule has 8 atom stereocenters. The lowest BCUT2D eigenvalue weighted by Crippen LogP contribution is -2.91. The third-order valence-corrected chi connectivity index (χ3v) is 8.42. The number of aliphatic hydroxyl groups is 5. The number of Topliss-reactive ketones (excluding diaryl/α,β-unsaturated/α-hetero) is 2. The standard InChI is InChI=1S/C20H32O7/c1-10(2)13(21)9-18(25)16(5)8-14(22)12(4)20(18,27)15(23)19(26)11(3)6-7-17(16,19)24/h10-12,15,23-27H,6-9H2,1-5H3/t11-,12?,15-,16+,17+,18-,19-,20-/m1/s1. The summed E-state index contributed by atoms with van der Waals surface area (Å²) in [5.74, 6) is -2.98. The highest BCUT2D eigenvalue weighted by Crippen LogP contribution is 2.70. The molecule has 3 rings (SSSR count). The average Bonchev–Trinajstić information content (AvgIpc) is 2.83. The summed E-state index contributed by atoms with van der Waals surface area (Å²) in [6.45, 7) is 7.82. The fourth-order valence-electron chi connectivity index (χ4n) is 6.24. The minimum atomic E-state index is -2.46. The van der Waals surface area contributed by atoms with Gasteiger partial charge in [0.15, 0.2) is 0 Å². The molecule has 154 valence electrons. The molecule has 3 saturated carbocycles. The van der Waals surface area contributed by atoms with Crippen molar-refractivity contribution >= 4 is 11.6 Å². The average molecular weight is 384 g/mol. The van der Waals surface area contributed by atoms with E-state index in [0.717, 1.165) is 0 Å². The Balaban J connectivity index is 2.33. The zero-order chi connectivity index (χ0) is 20.8. The fraction of sp³-hybridized carbons (Fsp3) is 0.900. The molecule has 0 aromatic rings. The highest BCUT2D eigenvalue weighted by molar-refractivity contribution is 5.88. The molecule has 0 amide bonds. The first kappa shape index (κ1) is 20.9. The van der Waals surface area contributed by atoms with Gasteiger partial charge in [0.25, 0.3) is 0 Å². The minimum absolute atomic E-state index is 0.0497. The smallest absolute Gasteiger partial charge is 0.139 e. The summed E-state index contributed by atoms with van der Waals surface area (Å²) in [5, 5.41) is 57.7. The summed E-state index contributed by atoms with van der Waals surface area (Å²) in [6, 6.07) is 0. The van der Waals surface area contributed by atoms with E-state index >= 15 is 0 Å².